The highest BCUT2D eigenvalue weighted by molar-refractivity contribution is 5.87. The molecule has 0 aliphatic carbocycles. The monoisotopic (exact) mass is 370 g/mol. The summed E-state index contributed by atoms with van der Waals surface area (Å²) in [5.74, 6) is 0.00221. The van der Waals surface area contributed by atoms with Crippen LogP contribution in [0.25, 0.3) is 0 Å². The minimum atomic E-state index is -1.02. The Labute approximate surface area is 156 Å². The Hall–Kier alpha value is -2.78. The molecule has 2 aliphatic heterocycles. The minimum absolute atomic E-state index is 0.00137. The van der Waals surface area contributed by atoms with Crippen molar-refractivity contribution in [3.05, 3.63) is 47.0 Å². The third-order valence-electron chi connectivity index (χ3n) is 5.31. The first-order valence-corrected chi connectivity index (χ1v) is 8.93. The van der Waals surface area contributed by atoms with Crippen LogP contribution in [0.15, 0.2) is 24.3 Å². The number of benzene rings is 1. The third-order valence-corrected chi connectivity index (χ3v) is 5.31. The molecule has 0 bridgehead atoms. The van der Waals surface area contributed by atoms with Crippen molar-refractivity contribution in [2.75, 3.05) is 0 Å². The lowest BCUT2D eigenvalue weighted by atomic mass is 10.00. The minimum Gasteiger partial charge on any atom is -0.480 e. The van der Waals surface area contributed by atoms with E-state index in [0.29, 0.717) is 18.1 Å². The second kappa shape index (κ2) is 6.75. The molecule has 9 heteroatoms. The molecule has 3 heterocycles. The van der Waals surface area contributed by atoms with Gasteiger partial charge < -0.3 is 14.6 Å². The van der Waals surface area contributed by atoms with Crippen LogP contribution in [-0.2, 0) is 22.7 Å². The van der Waals surface area contributed by atoms with Crippen molar-refractivity contribution in [2.24, 2.45) is 0 Å². The van der Waals surface area contributed by atoms with E-state index in [0.717, 1.165) is 5.56 Å². The molecule has 1 aromatic heterocycles. The number of fused-ring (bicyclic) bond motifs is 1. The van der Waals surface area contributed by atoms with E-state index in [4.69, 9.17) is 0 Å². The number of aromatic nitrogens is 3. The molecular weight excluding hydrogens is 348 g/mol. The number of hydrogen-bond donors (Lipinski definition) is 3. The van der Waals surface area contributed by atoms with Crippen LogP contribution in [0.1, 0.15) is 35.2 Å². The molecule has 0 spiro atoms. The van der Waals surface area contributed by atoms with Gasteiger partial charge in [0.15, 0.2) is 5.82 Å². The van der Waals surface area contributed by atoms with Gasteiger partial charge >= 0.3 is 5.97 Å². The van der Waals surface area contributed by atoms with Gasteiger partial charge in [-0.2, -0.15) is 0 Å². The van der Waals surface area contributed by atoms with Crippen molar-refractivity contribution in [1.82, 2.24) is 30.5 Å². The lowest BCUT2D eigenvalue weighted by Crippen LogP contribution is -2.55. The Morgan fingerprint density at radius 1 is 1.15 bits per heavy atom. The smallest absolute Gasteiger partial charge is 0.328 e. The Morgan fingerprint density at radius 3 is 2.59 bits per heavy atom. The SMILES string of the molecule is Cc1ccc(C2CC(C(=O)N3Cc4nnc(C)n4CC3C(=O)O)NN2)cc1. The number of carbonyl (C=O) groups excluding carboxylic acids is 1. The molecule has 142 valence electrons. The largest absolute Gasteiger partial charge is 0.480 e. The van der Waals surface area contributed by atoms with Crippen molar-refractivity contribution in [1.29, 1.82) is 0 Å². The molecule has 3 unspecified atom stereocenters. The second-order valence-corrected chi connectivity index (χ2v) is 7.13. The summed E-state index contributed by atoms with van der Waals surface area (Å²) in [6, 6.07) is 6.72. The van der Waals surface area contributed by atoms with Crippen LogP contribution in [0, 0.1) is 13.8 Å². The number of carboxylic acids is 1. The van der Waals surface area contributed by atoms with E-state index in [1.807, 2.05) is 31.2 Å². The first kappa shape index (κ1) is 17.6. The number of hydrazine groups is 1. The average molecular weight is 370 g/mol. The van der Waals surface area contributed by atoms with Gasteiger partial charge in [0.25, 0.3) is 0 Å². The molecule has 0 saturated carbocycles. The lowest BCUT2D eigenvalue weighted by Gasteiger charge is -2.34. The summed E-state index contributed by atoms with van der Waals surface area (Å²) in [5, 5.41) is 17.7. The normalized spacial score (nSPS) is 24.7. The van der Waals surface area contributed by atoms with E-state index >= 15 is 0 Å². The van der Waals surface area contributed by atoms with E-state index in [1.165, 1.54) is 10.5 Å². The first-order chi connectivity index (χ1) is 12.9. The highest BCUT2D eigenvalue weighted by Gasteiger charge is 2.41. The molecule has 0 radical (unpaired) electrons. The predicted molar refractivity (Wildman–Crippen MR) is 95.3 cm³/mol. The van der Waals surface area contributed by atoms with Crippen LogP contribution in [0.3, 0.4) is 0 Å². The van der Waals surface area contributed by atoms with Gasteiger partial charge in [-0.05, 0) is 25.8 Å². The predicted octanol–water partition coefficient (Wildman–Crippen LogP) is 0.298. The highest BCUT2D eigenvalue weighted by atomic mass is 16.4. The molecule has 2 aromatic rings. The molecule has 1 saturated heterocycles. The van der Waals surface area contributed by atoms with E-state index in [-0.39, 0.29) is 25.0 Å². The number of rotatable bonds is 3. The number of aliphatic carboxylic acids is 1. The van der Waals surface area contributed by atoms with Gasteiger partial charge in [0, 0.05) is 6.04 Å². The average Bonchev–Trinajstić information content (AvgIpc) is 3.28. The summed E-state index contributed by atoms with van der Waals surface area (Å²) in [5.41, 5.74) is 8.45. The van der Waals surface area contributed by atoms with Gasteiger partial charge in [0.1, 0.15) is 17.9 Å². The summed E-state index contributed by atoms with van der Waals surface area (Å²) in [4.78, 5) is 26.2. The zero-order valence-electron chi connectivity index (χ0n) is 15.2. The number of aryl methyl sites for hydroxylation is 2. The number of carboxylic acid groups (broad SMARTS) is 1. The molecule has 4 rings (SSSR count). The number of nitrogens with zero attached hydrogens (tertiary/aromatic N) is 4. The zero-order chi connectivity index (χ0) is 19.1. The van der Waals surface area contributed by atoms with Crippen LogP contribution >= 0.6 is 0 Å². The van der Waals surface area contributed by atoms with E-state index in [9.17, 15) is 14.7 Å². The van der Waals surface area contributed by atoms with E-state index < -0.39 is 18.1 Å². The standard InChI is InChI=1S/C18H22N6O3/c1-10-3-5-12(6-4-10)13-7-14(21-20-13)17(25)24-9-16-22-19-11(2)23(16)8-15(24)18(26)27/h3-6,13-15,20-21H,7-9H2,1-2H3,(H,26,27). The van der Waals surface area contributed by atoms with Crippen molar-refractivity contribution in [3.8, 4) is 0 Å². The Bertz CT molecular complexity index is 878. The van der Waals surface area contributed by atoms with Gasteiger partial charge in [0.05, 0.1) is 13.1 Å². The molecule has 27 heavy (non-hydrogen) atoms. The molecule has 1 amide bonds. The summed E-state index contributed by atoms with van der Waals surface area (Å²) >= 11 is 0. The highest BCUT2D eigenvalue weighted by Crippen LogP contribution is 2.26. The van der Waals surface area contributed by atoms with Crippen molar-refractivity contribution in [3.63, 3.8) is 0 Å². The van der Waals surface area contributed by atoms with E-state index in [2.05, 4.69) is 21.0 Å². The molecule has 3 N–H and O–H groups in total. The molecule has 2 aliphatic rings. The molecule has 1 aromatic carbocycles. The second-order valence-electron chi connectivity index (χ2n) is 7.13. The van der Waals surface area contributed by atoms with Gasteiger partial charge in [-0.25, -0.2) is 15.6 Å². The summed E-state index contributed by atoms with van der Waals surface area (Å²) in [7, 11) is 0. The third kappa shape index (κ3) is 3.19. The number of hydrogen-bond acceptors (Lipinski definition) is 6. The maximum absolute atomic E-state index is 13.1. The number of amides is 1. The zero-order valence-corrected chi connectivity index (χ0v) is 15.2. The summed E-state index contributed by atoms with van der Waals surface area (Å²) in [6.45, 7) is 4.11. The quantitative estimate of drug-likeness (QED) is 0.712. The van der Waals surface area contributed by atoms with Crippen molar-refractivity contribution >= 4 is 11.9 Å². The Balaban J connectivity index is 1.51. The molecule has 1 fully saturated rings. The Morgan fingerprint density at radius 2 is 1.89 bits per heavy atom. The molecule has 9 nitrogen and oxygen atoms in total. The topological polar surface area (TPSA) is 112 Å². The van der Waals surface area contributed by atoms with Crippen LogP contribution in [0.2, 0.25) is 0 Å². The fourth-order valence-electron chi connectivity index (χ4n) is 3.69. The number of carbonyl (C=O) groups is 2. The lowest BCUT2D eigenvalue weighted by molar-refractivity contribution is -0.153. The summed E-state index contributed by atoms with van der Waals surface area (Å²) in [6.07, 6.45) is 0.552. The Kier molecular flexibility index (Phi) is 4.40. The first-order valence-electron chi connectivity index (χ1n) is 8.93. The fourth-order valence-corrected chi connectivity index (χ4v) is 3.69. The van der Waals surface area contributed by atoms with Crippen LogP contribution < -0.4 is 10.9 Å². The maximum Gasteiger partial charge on any atom is 0.328 e. The number of nitrogens with one attached hydrogen (secondary N) is 2. The van der Waals surface area contributed by atoms with E-state index in [1.54, 1.807) is 11.5 Å². The van der Waals surface area contributed by atoms with Gasteiger partial charge in [0.2, 0.25) is 5.91 Å². The van der Waals surface area contributed by atoms with Gasteiger partial charge in [-0.3, -0.25) is 4.79 Å². The van der Waals surface area contributed by atoms with Gasteiger partial charge in [-0.1, -0.05) is 29.8 Å². The van der Waals surface area contributed by atoms with Crippen LogP contribution in [-0.4, -0.2) is 48.7 Å². The maximum atomic E-state index is 13.1. The van der Waals surface area contributed by atoms with Gasteiger partial charge in [-0.15, -0.1) is 10.2 Å². The van der Waals surface area contributed by atoms with Crippen LogP contribution in [0.5, 0.6) is 0 Å². The molecular formula is C18H22N6O3. The summed E-state index contributed by atoms with van der Waals surface area (Å²) < 4.78 is 1.76. The van der Waals surface area contributed by atoms with Crippen molar-refractivity contribution < 1.29 is 14.7 Å². The fraction of sp³-hybridized carbons (Fsp3) is 0.444. The van der Waals surface area contributed by atoms with Crippen molar-refractivity contribution in [2.45, 2.75) is 51.5 Å². The van der Waals surface area contributed by atoms with Crippen LogP contribution in [0.4, 0.5) is 0 Å². The molecule has 3 atom stereocenters.